The van der Waals surface area contributed by atoms with Crippen LogP contribution in [0.1, 0.15) is 15.9 Å². The Morgan fingerprint density at radius 2 is 1.80 bits per heavy atom. The summed E-state index contributed by atoms with van der Waals surface area (Å²) in [6, 6.07) is 7.54. The highest BCUT2D eigenvalue weighted by Crippen LogP contribution is 2.02. The first-order chi connectivity index (χ1) is 9.74. The van der Waals surface area contributed by atoms with Gasteiger partial charge in [-0.25, -0.2) is 0 Å². The molecule has 1 aromatic rings. The summed E-state index contributed by atoms with van der Waals surface area (Å²) in [5.74, 6) is -0.0388. The van der Waals surface area contributed by atoms with Crippen molar-refractivity contribution >= 4 is 5.91 Å². The van der Waals surface area contributed by atoms with E-state index in [2.05, 4.69) is 10.6 Å². The van der Waals surface area contributed by atoms with E-state index in [-0.39, 0.29) is 5.91 Å². The maximum absolute atomic E-state index is 11.8. The highest BCUT2D eigenvalue weighted by atomic mass is 16.5. The third kappa shape index (κ3) is 7.23. The molecule has 0 saturated carbocycles. The molecule has 20 heavy (non-hydrogen) atoms. The molecule has 0 aromatic heterocycles. The van der Waals surface area contributed by atoms with E-state index in [1.54, 1.807) is 7.11 Å². The molecular weight excluding hydrogens is 256 g/mol. The lowest BCUT2D eigenvalue weighted by Gasteiger charge is -2.07. The lowest BCUT2D eigenvalue weighted by atomic mass is 10.1. The van der Waals surface area contributed by atoms with Gasteiger partial charge in [-0.2, -0.15) is 0 Å². The Hall–Kier alpha value is -1.43. The highest BCUT2D eigenvalue weighted by molar-refractivity contribution is 5.94. The summed E-state index contributed by atoms with van der Waals surface area (Å²) < 4.78 is 10.2. The molecule has 5 nitrogen and oxygen atoms in total. The van der Waals surface area contributed by atoms with Crippen LogP contribution in [0, 0.1) is 6.92 Å². The van der Waals surface area contributed by atoms with Gasteiger partial charge in [0.2, 0.25) is 0 Å². The average molecular weight is 280 g/mol. The van der Waals surface area contributed by atoms with Gasteiger partial charge in [-0.3, -0.25) is 4.79 Å². The molecule has 2 N–H and O–H groups in total. The fourth-order valence-corrected chi connectivity index (χ4v) is 1.59. The van der Waals surface area contributed by atoms with Crippen LogP contribution in [0.15, 0.2) is 24.3 Å². The Kier molecular flexibility index (Phi) is 8.62. The summed E-state index contributed by atoms with van der Waals surface area (Å²) in [6.07, 6.45) is 0. The van der Waals surface area contributed by atoms with E-state index < -0.39 is 0 Å². The smallest absolute Gasteiger partial charge is 0.251 e. The Labute approximate surface area is 120 Å². The van der Waals surface area contributed by atoms with E-state index in [4.69, 9.17) is 9.47 Å². The van der Waals surface area contributed by atoms with Crippen LogP contribution in [0.2, 0.25) is 0 Å². The standard InChI is InChI=1S/C15H24N2O3/c1-13-3-5-14(6-4-13)15(18)17-8-7-16-9-10-20-12-11-19-2/h3-6,16H,7-12H2,1-2H3,(H,17,18). The van der Waals surface area contributed by atoms with Crippen molar-refractivity contribution in [2.24, 2.45) is 0 Å². The van der Waals surface area contributed by atoms with E-state index in [0.717, 1.165) is 18.7 Å². The van der Waals surface area contributed by atoms with Gasteiger partial charge in [0, 0.05) is 32.3 Å². The molecule has 5 heteroatoms. The number of aryl methyl sites for hydroxylation is 1. The zero-order valence-electron chi connectivity index (χ0n) is 12.3. The van der Waals surface area contributed by atoms with Crippen LogP contribution in [0.5, 0.6) is 0 Å². The summed E-state index contributed by atoms with van der Waals surface area (Å²) in [5, 5.41) is 6.07. The van der Waals surface area contributed by atoms with Crippen molar-refractivity contribution in [3.63, 3.8) is 0 Å². The van der Waals surface area contributed by atoms with Gasteiger partial charge >= 0.3 is 0 Å². The minimum atomic E-state index is -0.0388. The molecule has 0 heterocycles. The van der Waals surface area contributed by atoms with E-state index in [1.165, 1.54) is 0 Å². The summed E-state index contributed by atoms with van der Waals surface area (Å²) in [6.45, 7) is 5.98. The maximum atomic E-state index is 11.8. The number of methoxy groups -OCH3 is 1. The van der Waals surface area contributed by atoms with E-state index >= 15 is 0 Å². The van der Waals surface area contributed by atoms with Crippen molar-refractivity contribution in [2.75, 3.05) is 46.6 Å². The second-order valence-electron chi connectivity index (χ2n) is 4.48. The van der Waals surface area contributed by atoms with Crippen LogP contribution in [0.4, 0.5) is 0 Å². The van der Waals surface area contributed by atoms with Gasteiger partial charge < -0.3 is 20.1 Å². The van der Waals surface area contributed by atoms with Crippen LogP contribution in [-0.4, -0.2) is 52.5 Å². The zero-order chi connectivity index (χ0) is 14.6. The molecule has 0 unspecified atom stereocenters. The monoisotopic (exact) mass is 280 g/mol. The van der Waals surface area contributed by atoms with Gasteiger partial charge in [0.05, 0.1) is 19.8 Å². The number of hydrogen-bond donors (Lipinski definition) is 2. The van der Waals surface area contributed by atoms with Crippen molar-refractivity contribution in [1.82, 2.24) is 10.6 Å². The van der Waals surface area contributed by atoms with Crippen LogP contribution >= 0.6 is 0 Å². The molecule has 0 fully saturated rings. The lowest BCUT2D eigenvalue weighted by Crippen LogP contribution is -2.33. The first kappa shape index (κ1) is 16.6. The van der Waals surface area contributed by atoms with Crippen LogP contribution < -0.4 is 10.6 Å². The van der Waals surface area contributed by atoms with Crippen LogP contribution in [-0.2, 0) is 9.47 Å². The molecule has 0 spiro atoms. The van der Waals surface area contributed by atoms with Gasteiger partial charge in [0.15, 0.2) is 0 Å². The van der Waals surface area contributed by atoms with Gasteiger partial charge in [-0.15, -0.1) is 0 Å². The predicted octanol–water partition coefficient (Wildman–Crippen LogP) is 0.977. The van der Waals surface area contributed by atoms with Gasteiger partial charge in [-0.05, 0) is 19.1 Å². The minimum Gasteiger partial charge on any atom is -0.382 e. The number of carbonyl (C=O) groups excluding carboxylic acids is 1. The molecule has 0 aliphatic rings. The van der Waals surface area contributed by atoms with E-state index in [9.17, 15) is 4.79 Å². The largest absolute Gasteiger partial charge is 0.382 e. The van der Waals surface area contributed by atoms with Crippen molar-refractivity contribution in [3.05, 3.63) is 35.4 Å². The Morgan fingerprint density at radius 1 is 1.05 bits per heavy atom. The fraction of sp³-hybridized carbons (Fsp3) is 0.533. The average Bonchev–Trinajstić information content (AvgIpc) is 2.46. The van der Waals surface area contributed by atoms with Crippen molar-refractivity contribution in [2.45, 2.75) is 6.92 Å². The second-order valence-corrected chi connectivity index (χ2v) is 4.48. The topological polar surface area (TPSA) is 59.6 Å². The molecule has 0 atom stereocenters. The number of nitrogens with one attached hydrogen (secondary N) is 2. The Bertz CT molecular complexity index is 379. The van der Waals surface area contributed by atoms with Crippen molar-refractivity contribution < 1.29 is 14.3 Å². The number of ether oxygens (including phenoxy) is 2. The predicted molar refractivity (Wildman–Crippen MR) is 79.1 cm³/mol. The molecule has 1 rings (SSSR count). The highest BCUT2D eigenvalue weighted by Gasteiger charge is 2.03. The third-order valence-electron chi connectivity index (χ3n) is 2.76. The number of amides is 1. The number of rotatable bonds is 10. The summed E-state index contributed by atoms with van der Waals surface area (Å²) in [7, 11) is 1.65. The molecule has 112 valence electrons. The molecular formula is C15H24N2O3. The Morgan fingerprint density at radius 3 is 2.50 bits per heavy atom. The summed E-state index contributed by atoms with van der Waals surface area (Å²) in [5.41, 5.74) is 1.84. The third-order valence-corrected chi connectivity index (χ3v) is 2.76. The Balaban J connectivity index is 2.01. The first-order valence-corrected chi connectivity index (χ1v) is 6.86. The summed E-state index contributed by atoms with van der Waals surface area (Å²) in [4.78, 5) is 11.8. The lowest BCUT2D eigenvalue weighted by molar-refractivity contribution is 0.0720. The quantitative estimate of drug-likeness (QED) is 0.627. The van der Waals surface area contributed by atoms with Gasteiger partial charge in [0.1, 0.15) is 0 Å². The molecule has 1 aromatic carbocycles. The maximum Gasteiger partial charge on any atom is 0.251 e. The number of carbonyl (C=O) groups is 1. The summed E-state index contributed by atoms with van der Waals surface area (Å²) >= 11 is 0. The van der Waals surface area contributed by atoms with Crippen molar-refractivity contribution in [1.29, 1.82) is 0 Å². The number of hydrogen-bond acceptors (Lipinski definition) is 4. The zero-order valence-corrected chi connectivity index (χ0v) is 12.3. The molecule has 0 saturated heterocycles. The van der Waals surface area contributed by atoms with E-state index in [1.807, 2.05) is 31.2 Å². The molecule has 1 amide bonds. The minimum absolute atomic E-state index is 0.0388. The van der Waals surface area contributed by atoms with Crippen LogP contribution in [0.25, 0.3) is 0 Å². The SMILES string of the molecule is COCCOCCNCCNC(=O)c1ccc(C)cc1. The first-order valence-electron chi connectivity index (χ1n) is 6.86. The second kappa shape index (κ2) is 10.4. The molecule has 0 aliphatic carbocycles. The molecule has 0 radical (unpaired) electrons. The van der Waals surface area contributed by atoms with E-state index in [0.29, 0.717) is 31.9 Å². The van der Waals surface area contributed by atoms with Gasteiger partial charge in [-0.1, -0.05) is 17.7 Å². The van der Waals surface area contributed by atoms with Crippen LogP contribution in [0.3, 0.4) is 0 Å². The number of benzene rings is 1. The van der Waals surface area contributed by atoms with Gasteiger partial charge in [0.25, 0.3) is 5.91 Å². The fourth-order valence-electron chi connectivity index (χ4n) is 1.59. The normalized spacial score (nSPS) is 10.5. The van der Waals surface area contributed by atoms with Crippen molar-refractivity contribution in [3.8, 4) is 0 Å². The molecule has 0 bridgehead atoms. The molecule has 0 aliphatic heterocycles.